The lowest BCUT2D eigenvalue weighted by atomic mass is 9.97. The molecule has 3 heterocycles. The molecule has 2 saturated heterocycles. The number of nitrogens with zero attached hydrogens (tertiary/aromatic N) is 2. The molecule has 0 radical (unpaired) electrons. The number of carbonyl (C=O) groups excluding carboxylic acids is 1. The highest BCUT2D eigenvalue weighted by Crippen LogP contribution is 2.26. The molecular weight excluding hydrogens is 316 g/mol. The molecule has 1 aromatic heterocycles. The average Bonchev–Trinajstić information content (AvgIpc) is 3.29. The number of aromatic amines is 1. The first-order chi connectivity index (χ1) is 12.3. The van der Waals surface area contributed by atoms with Gasteiger partial charge in [-0.15, -0.1) is 0 Å². The van der Waals surface area contributed by atoms with E-state index in [1.165, 1.54) is 0 Å². The Balaban J connectivity index is 1.31. The summed E-state index contributed by atoms with van der Waals surface area (Å²) < 4.78 is 5.56. The molecule has 0 aliphatic carbocycles. The number of nitrogens with one attached hydrogen (secondary N) is 2. The second kappa shape index (κ2) is 7.54. The summed E-state index contributed by atoms with van der Waals surface area (Å²) in [5.74, 6) is 1.51. The minimum Gasteiger partial charge on any atom is -0.376 e. The van der Waals surface area contributed by atoms with E-state index in [-0.39, 0.29) is 12.0 Å². The summed E-state index contributed by atoms with van der Waals surface area (Å²) in [6.07, 6.45) is 4.58. The maximum absolute atomic E-state index is 12.2. The van der Waals surface area contributed by atoms with Gasteiger partial charge in [0.1, 0.15) is 5.82 Å². The molecule has 2 aromatic rings. The third kappa shape index (κ3) is 4.02. The van der Waals surface area contributed by atoms with Crippen LogP contribution in [-0.2, 0) is 9.53 Å². The SMILES string of the molecule is O=C(CN1CCC[C@H](c2nc3ccccc3[nH]2)C1)NC[C@@H]1CCCO1. The van der Waals surface area contributed by atoms with Gasteiger partial charge in [-0.05, 0) is 44.4 Å². The van der Waals surface area contributed by atoms with Crippen LogP contribution in [0.4, 0.5) is 0 Å². The molecule has 0 unspecified atom stereocenters. The summed E-state index contributed by atoms with van der Waals surface area (Å²) in [6.45, 7) is 3.78. The summed E-state index contributed by atoms with van der Waals surface area (Å²) in [6, 6.07) is 8.13. The molecule has 1 aromatic carbocycles. The maximum atomic E-state index is 12.2. The topological polar surface area (TPSA) is 70.2 Å². The lowest BCUT2D eigenvalue weighted by molar-refractivity contribution is -0.123. The van der Waals surface area contributed by atoms with Crippen LogP contribution in [0.5, 0.6) is 0 Å². The monoisotopic (exact) mass is 342 g/mol. The van der Waals surface area contributed by atoms with Crippen molar-refractivity contribution in [2.75, 3.05) is 32.8 Å². The minimum atomic E-state index is 0.0979. The molecule has 4 rings (SSSR count). The van der Waals surface area contributed by atoms with E-state index in [0.717, 1.165) is 62.2 Å². The fraction of sp³-hybridized carbons (Fsp3) is 0.579. The van der Waals surface area contributed by atoms with Crippen LogP contribution in [0.3, 0.4) is 0 Å². The van der Waals surface area contributed by atoms with Gasteiger partial charge in [-0.1, -0.05) is 12.1 Å². The number of aromatic nitrogens is 2. The first-order valence-corrected chi connectivity index (χ1v) is 9.33. The van der Waals surface area contributed by atoms with Gasteiger partial charge in [0.25, 0.3) is 0 Å². The van der Waals surface area contributed by atoms with Crippen LogP contribution in [0.15, 0.2) is 24.3 Å². The van der Waals surface area contributed by atoms with Gasteiger partial charge in [-0.2, -0.15) is 0 Å². The van der Waals surface area contributed by atoms with E-state index < -0.39 is 0 Å². The number of rotatable bonds is 5. The number of carbonyl (C=O) groups is 1. The maximum Gasteiger partial charge on any atom is 0.234 e. The molecule has 6 heteroatoms. The van der Waals surface area contributed by atoms with Crippen LogP contribution < -0.4 is 5.32 Å². The zero-order valence-electron chi connectivity index (χ0n) is 14.5. The predicted octanol–water partition coefficient (Wildman–Crippen LogP) is 2.04. The second-order valence-electron chi connectivity index (χ2n) is 7.15. The van der Waals surface area contributed by atoms with E-state index in [9.17, 15) is 4.79 Å². The summed E-state index contributed by atoms with van der Waals surface area (Å²) in [5, 5.41) is 3.02. The summed E-state index contributed by atoms with van der Waals surface area (Å²) in [4.78, 5) is 22.6. The highest BCUT2D eigenvalue weighted by Gasteiger charge is 2.25. The molecule has 6 nitrogen and oxygen atoms in total. The lowest BCUT2D eigenvalue weighted by Crippen LogP contribution is -2.43. The first-order valence-electron chi connectivity index (χ1n) is 9.33. The van der Waals surface area contributed by atoms with Gasteiger partial charge in [0.05, 0.1) is 23.7 Å². The largest absolute Gasteiger partial charge is 0.376 e. The smallest absolute Gasteiger partial charge is 0.234 e. The Hall–Kier alpha value is -1.92. The molecule has 25 heavy (non-hydrogen) atoms. The van der Waals surface area contributed by atoms with Crippen LogP contribution in [0.2, 0.25) is 0 Å². The second-order valence-corrected chi connectivity index (χ2v) is 7.15. The van der Waals surface area contributed by atoms with Crippen molar-refractivity contribution in [3.63, 3.8) is 0 Å². The number of amides is 1. The van der Waals surface area contributed by atoms with Crippen molar-refractivity contribution >= 4 is 16.9 Å². The zero-order valence-corrected chi connectivity index (χ0v) is 14.5. The van der Waals surface area contributed by atoms with Gasteiger partial charge in [0.15, 0.2) is 0 Å². The van der Waals surface area contributed by atoms with Crippen molar-refractivity contribution in [3.8, 4) is 0 Å². The van der Waals surface area contributed by atoms with Crippen molar-refractivity contribution in [1.82, 2.24) is 20.2 Å². The lowest BCUT2D eigenvalue weighted by Gasteiger charge is -2.31. The number of H-pyrrole nitrogens is 1. The molecule has 2 fully saturated rings. The molecule has 134 valence electrons. The number of ether oxygens (including phenoxy) is 1. The van der Waals surface area contributed by atoms with Crippen LogP contribution >= 0.6 is 0 Å². The molecule has 0 spiro atoms. The number of hydrogen-bond donors (Lipinski definition) is 2. The Kier molecular flexibility index (Phi) is 4.99. The van der Waals surface area contributed by atoms with Gasteiger partial charge < -0.3 is 15.0 Å². The third-order valence-corrected chi connectivity index (χ3v) is 5.22. The van der Waals surface area contributed by atoms with Gasteiger partial charge in [-0.3, -0.25) is 9.69 Å². The van der Waals surface area contributed by atoms with Crippen LogP contribution in [0, 0.1) is 0 Å². The van der Waals surface area contributed by atoms with Crippen molar-refractivity contribution in [2.24, 2.45) is 0 Å². The van der Waals surface area contributed by atoms with Gasteiger partial charge in [0.2, 0.25) is 5.91 Å². The predicted molar refractivity (Wildman–Crippen MR) is 96.5 cm³/mol. The van der Waals surface area contributed by atoms with E-state index in [4.69, 9.17) is 9.72 Å². The third-order valence-electron chi connectivity index (χ3n) is 5.22. The van der Waals surface area contributed by atoms with Crippen molar-refractivity contribution in [2.45, 2.75) is 37.7 Å². The Labute approximate surface area is 147 Å². The van der Waals surface area contributed by atoms with E-state index in [2.05, 4.69) is 21.3 Å². The standard InChI is InChI=1S/C19H26N4O2/c24-18(20-11-15-6-4-10-25-15)13-23-9-3-5-14(12-23)19-21-16-7-1-2-8-17(16)22-19/h1-2,7-8,14-15H,3-6,9-13H2,(H,20,24)(H,21,22)/t14-,15-/m0/s1. The molecule has 0 saturated carbocycles. The van der Waals surface area contributed by atoms with Gasteiger partial charge in [0, 0.05) is 25.6 Å². The van der Waals surface area contributed by atoms with E-state index >= 15 is 0 Å². The number of fused-ring (bicyclic) bond motifs is 1. The van der Waals surface area contributed by atoms with Crippen molar-refractivity contribution in [1.29, 1.82) is 0 Å². The molecule has 1 amide bonds. The summed E-state index contributed by atoms with van der Waals surface area (Å²) in [7, 11) is 0. The number of benzene rings is 1. The number of para-hydroxylation sites is 2. The highest BCUT2D eigenvalue weighted by atomic mass is 16.5. The van der Waals surface area contributed by atoms with E-state index in [1.807, 2.05) is 18.2 Å². The van der Waals surface area contributed by atoms with E-state index in [1.54, 1.807) is 0 Å². The number of hydrogen-bond acceptors (Lipinski definition) is 4. The molecule has 2 aliphatic heterocycles. The zero-order chi connectivity index (χ0) is 17.1. The minimum absolute atomic E-state index is 0.0979. The molecule has 0 bridgehead atoms. The normalized spacial score (nSPS) is 24.6. The van der Waals surface area contributed by atoms with Crippen molar-refractivity contribution < 1.29 is 9.53 Å². The summed E-state index contributed by atoms with van der Waals surface area (Å²) in [5.41, 5.74) is 2.10. The quantitative estimate of drug-likeness (QED) is 0.872. The highest BCUT2D eigenvalue weighted by molar-refractivity contribution is 5.78. The first kappa shape index (κ1) is 16.5. The van der Waals surface area contributed by atoms with Gasteiger partial charge >= 0.3 is 0 Å². The van der Waals surface area contributed by atoms with Crippen LogP contribution in [0.1, 0.15) is 37.4 Å². The van der Waals surface area contributed by atoms with Gasteiger partial charge in [-0.25, -0.2) is 4.98 Å². The number of imidazole rings is 1. The molecule has 2 aliphatic rings. The molecule has 2 atom stereocenters. The Morgan fingerprint density at radius 3 is 3.08 bits per heavy atom. The number of piperidine rings is 1. The fourth-order valence-corrected chi connectivity index (χ4v) is 3.88. The Morgan fingerprint density at radius 2 is 2.24 bits per heavy atom. The van der Waals surface area contributed by atoms with E-state index in [0.29, 0.717) is 19.0 Å². The average molecular weight is 342 g/mol. The Bertz CT molecular complexity index is 690. The Morgan fingerprint density at radius 1 is 1.32 bits per heavy atom. The van der Waals surface area contributed by atoms with Crippen molar-refractivity contribution in [3.05, 3.63) is 30.1 Å². The molecular formula is C19H26N4O2. The number of likely N-dealkylation sites (tertiary alicyclic amines) is 1. The van der Waals surface area contributed by atoms with Crippen LogP contribution in [-0.4, -0.2) is 59.7 Å². The molecule has 2 N–H and O–H groups in total. The fourth-order valence-electron chi connectivity index (χ4n) is 3.88. The summed E-state index contributed by atoms with van der Waals surface area (Å²) >= 11 is 0. The van der Waals surface area contributed by atoms with Crippen LogP contribution in [0.25, 0.3) is 11.0 Å².